The molecule has 0 saturated heterocycles. The molecule has 0 atom stereocenters. The van der Waals surface area contributed by atoms with Gasteiger partial charge in [0.2, 0.25) is 5.65 Å². The second-order valence-electron chi connectivity index (χ2n) is 6.11. The summed E-state index contributed by atoms with van der Waals surface area (Å²) in [5.74, 6) is 0.940. The van der Waals surface area contributed by atoms with E-state index in [0.717, 1.165) is 28.4 Å². The smallest absolute Gasteiger partial charge is 0.284 e. The molecule has 0 bridgehead atoms. The third kappa shape index (κ3) is 2.89. The predicted octanol–water partition coefficient (Wildman–Crippen LogP) is 0.868. The lowest BCUT2D eigenvalue weighted by atomic mass is 10.1. The monoisotopic (exact) mass is 343 g/mol. The van der Waals surface area contributed by atoms with Gasteiger partial charge in [-0.2, -0.15) is 4.57 Å². The second kappa shape index (κ2) is 6.65. The summed E-state index contributed by atoms with van der Waals surface area (Å²) < 4.78 is 3.80. The van der Waals surface area contributed by atoms with Crippen LogP contribution in [0.25, 0.3) is 5.65 Å². The topological polar surface area (TPSA) is 38.1 Å². The van der Waals surface area contributed by atoms with E-state index < -0.39 is 0 Å². The van der Waals surface area contributed by atoms with Crippen molar-refractivity contribution in [3.05, 3.63) is 58.9 Å². The number of imidazole rings is 1. The van der Waals surface area contributed by atoms with Crippen LogP contribution < -0.4 is 22.1 Å². The number of hydrogen-bond donors (Lipinski definition) is 1. The maximum absolute atomic E-state index is 12.1. The molecule has 3 rings (SSSR count). The number of benzene rings is 1. The van der Waals surface area contributed by atoms with Crippen LogP contribution in [0.5, 0.6) is 0 Å². The number of fused-ring (bicyclic) bond motifs is 1. The van der Waals surface area contributed by atoms with Crippen molar-refractivity contribution >= 4 is 23.1 Å². The van der Waals surface area contributed by atoms with Gasteiger partial charge in [0.25, 0.3) is 11.7 Å². The van der Waals surface area contributed by atoms with E-state index in [1.807, 2.05) is 19.1 Å². The first-order chi connectivity index (χ1) is 10.9. The predicted molar refractivity (Wildman–Crippen MR) is 92.6 cm³/mol. The number of nitrogens with one attached hydrogen (secondary N) is 1. The van der Waals surface area contributed by atoms with Crippen molar-refractivity contribution in [2.75, 3.05) is 5.32 Å². The summed E-state index contributed by atoms with van der Waals surface area (Å²) in [5.41, 5.74) is 6.38. The standard InChI is InChI=1S/C19H22N3O.ClH/c1-12-9-10-17-21(11-12)19(15(4)22(17)16(5)23)20-18-13(2)7-6-8-14(18)3;/h6-11,20H,1-5H3;1H/q+1;/p-1. The molecule has 0 radical (unpaired) electrons. The molecule has 0 saturated carbocycles. The Morgan fingerprint density at radius 2 is 1.67 bits per heavy atom. The zero-order chi connectivity index (χ0) is 16.7. The molecule has 0 aliphatic rings. The van der Waals surface area contributed by atoms with Crippen LogP contribution in [-0.2, 0) is 0 Å². The van der Waals surface area contributed by atoms with Crippen LogP contribution >= 0.6 is 0 Å². The van der Waals surface area contributed by atoms with Gasteiger partial charge in [-0.15, -0.1) is 0 Å². The molecular weight excluding hydrogens is 322 g/mol. The van der Waals surface area contributed by atoms with Gasteiger partial charge in [0.15, 0.2) is 5.69 Å². The molecule has 1 N–H and O–H groups in total. The molecule has 3 aromatic rings. The van der Waals surface area contributed by atoms with Gasteiger partial charge < -0.3 is 12.4 Å². The summed E-state index contributed by atoms with van der Waals surface area (Å²) in [7, 11) is 0. The van der Waals surface area contributed by atoms with Crippen LogP contribution in [0.1, 0.15) is 34.1 Å². The fourth-order valence-corrected chi connectivity index (χ4v) is 3.09. The highest BCUT2D eigenvalue weighted by atomic mass is 35.5. The van der Waals surface area contributed by atoms with Gasteiger partial charge in [-0.3, -0.25) is 10.1 Å². The normalized spacial score (nSPS) is 10.5. The Bertz CT molecular complexity index is 908. The van der Waals surface area contributed by atoms with E-state index in [2.05, 4.69) is 54.9 Å². The van der Waals surface area contributed by atoms with Gasteiger partial charge in [-0.05, 0) is 50.5 Å². The average molecular weight is 344 g/mol. The molecule has 2 heterocycles. The number of carbonyl (C=O) groups excluding carboxylic acids is 1. The molecular formula is C19H22ClN3O. The Labute approximate surface area is 148 Å². The first-order valence-corrected chi connectivity index (χ1v) is 7.77. The number of hydrogen-bond acceptors (Lipinski definition) is 2. The minimum atomic E-state index is 0. The zero-order valence-electron chi connectivity index (χ0n) is 14.6. The van der Waals surface area contributed by atoms with Crippen molar-refractivity contribution in [2.24, 2.45) is 0 Å². The van der Waals surface area contributed by atoms with Crippen molar-refractivity contribution in [3.8, 4) is 0 Å². The Kier molecular flexibility index (Phi) is 4.99. The Morgan fingerprint density at radius 3 is 2.25 bits per heavy atom. The first-order valence-electron chi connectivity index (χ1n) is 7.77. The quantitative estimate of drug-likeness (QED) is 0.701. The van der Waals surface area contributed by atoms with Crippen molar-refractivity contribution in [1.29, 1.82) is 0 Å². The van der Waals surface area contributed by atoms with E-state index in [0.29, 0.717) is 0 Å². The third-order valence-corrected chi connectivity index (χ3v) is 4.26. The Balaban J connectivity index is 0.00000208. The van der Waals surface area contributed by atoms with E-state index >= 15 is 0 Å². The maximum atomic E-state index is 12.1. The van der Waals surface area contributed by atoms with E-state index in [1.54, 1.807) is 11.5 Å². The molecule has 5 heteroatoms. The van der Waals surface area contributed by atoms with Crippen LogP contribution in [0.15, 0.2) is 36.5 Å². The summed E-state index contributed by atoms with van der Waals surface area (Å²) in [6, 6.07) is 10.2. The third-order valence-electron chi connectivity index (χ3n) is 4.26. The molecule has 0 aliphatic carbocycles. The number of carbonyl (C=O) groups is 1. The number of halogens is 1. The number of aromatic nitrogens is 2. The van der Waals surface area contributed by atoms with Gasteiger partial charge >= 0.3 is 0 Å². The molecule has 0 aliphatic heterocycles. The number of pyridine rings is 1. The molecule has 0 amide bonds. The minimum absolute atomic E-state index is 0. The van der Waals surface area contributed by atoms with Crippen LogP contribution in [0.3, 0.4) is 0 Å². The van der Waals surface area contributed by atoms with Crippen molar-refractivity contribution in [1.82, 2.24) is 4.57 Å². The maximum Gasteiger partial charge on any atom is 0.284 e. The lowest BCUT2D eigenvalue weighted by Gasteiger charge is -2.08. The molecule has 1 aromatic carbocycles. The van der Waals surface area contributed by atoms with E-state index in [9.17, 15) is 4.79 Å². The fourth-order valence-electron chi connectivity index (χ4n) is 3.09. The molecule has 4 nitrogen and oxygen atoms in total. The Hall–Kier alpha value is -2.33. The highest BCUT2D eigenvalue weighted by Gasteiger charge is 2.25. The number of nitrogens with zero attached hydrogens (tertiary/aromatic N) is 2. The molecule has 0 unspecified atom stereocenters. The number of para-hydroxylation sites is 1. The van der Waals surface area contributed by atoms with Crippen LogP contribution in [-0.4, -0.2) is 10.5 Å². The minimum Gasteiger partial charge on any atom is -1.00 e. The largest absolute Gasteiger partial charge is 1.00 e. The van der Waals surface area contributed by atoms with E-state index in [-0.39, 0.29) is 18.3 Å². The lowest BCUT2D eigenvalue weighted by Crippen LogP contribution is -3.00. The van der Waals surface area contributed by atoms with Gasteiger partial charge in [0.05, 0.1) is 6.20 Å². The molecule has 126 valence electrons. The van der Waals surface area contributed by atoms with Crippen molar-refractivity contribution < 1.29 is 21.6 Å². The Morgan fingerprint density at radius 1 is 1.04 bits per heavy atom. The van der Waals surface area contributed by atoms with Crippen LogP contribution in [0, 0.1) is 27.7 Å². The highest BCUT2D eigenvalue weighted by Crippen LogP contribution is 2.26. The van der Waals surface area contributed by atoms with Crippen molar-refractivity contribution in [2.45, 2.75) is 34.6 Å². The fraction of sp³-hybridized carbons (Fsp3) is 0.263. The highest BCUT2D eigenvalue weighted by molar-refractivity contribution is 5.82. The SMILES string of the molecule is CC(=O)n1c(C)c(Nc2c(C)cccc2C)[n+]2cc(C)ccc12.[Cl-]. The van der Waals surface area contributed by atoms with Crippen LogP contribution in [0.2, 0.25) is 0 Å². The summed E-state index contributed by atoms with van der Waals surface area (Å²) in [4.78, 5) is 12.1. The van der Waals surface area contributed by atoms with Crippen LogP contribution in [0.4, 0.5) is 11.5 Å². The summed E-state index contributed by atoms with van der Waals surface area (Å²) in [5, 5.41) is 3.54. The molecule has 0 fully saturated rings. The summed E-state index contributed by atoms with van der Waals surface area (Å²) >= 11 is 0. The summed E-state index contributed by atoms with van der Waals surface area (Å²) in [6.45, 7) is 9.79. The van der Waals surface area contributed by atoms with Gasteiger partial charge in [-0.1, -0.05) is 18.2 Å². The molecule has 0 spiro atoms. The number of rotatable bonds is 2. The van der Waals surface area contributed by atoms with Gasteiger partial charge in [0.1, 0.15) is 5.69 Å². The van der Waals surface area contributed by atoms with Crippen molar-refractivity contribution in [3.63, 3.8) is 0 Å². The zero-order valence-corrected chi connectivity index (χ0v) is 15.4. The first kappa shape index (κ1) is 18.0. The number of aryl methyl sites for hydroxylation is 3. The van der Waals surface area contributed by atoms with E-state index in [4.69, 9.17) is 0 Å². The summed E-state index contributed by atoms with van der Waals surface area (Å²) in [6.07, 6.45) is 2.05. The van der Waals surface area contributed by atoms with Gasteiger partial charge in [0, 0.05) is 13.0 Å². The lowest BCUT2D eigenvalue weighted by molar-refractivity contribution is -0.495. The van der Waals surface area contributed by atoms with E-state index in [1.165, 1.54) is 11.1 Å². The van der Waals surface area contributed by atoms with Gasteiger partial charge in [-0.25, -0.2) is 4.40 Å². The molecule has 2 aromatic heterocycles. The second-order valence-corrected chi connectivity index (χ2v) is 6.11. The molecule has 24 heavy (non-hydrogen) atoms. The average Bonchev–Trinajstić information content (AvgIpc) is 2.75. The number of anilines is 2.